The second-order valence-electron chi connectivity index (χ2n) is 5.60. The van der Waals surface area contributed by atoms with Crippen molar-refractivity contribution in [1.82, 2.24) is 5.32 Å². The van der Waals surface area contributed by atoms with E-state index in [2.05, 4.69) is 5.32 Å². The number of amides is 2. The fourth-order valence-corrected chi connectivity index (χ4v) is 2.57. The van der Waals surface area contributed by atoms with Crippen LogP contribution in [0.25, 0.3) is 0 Å². The number of hydrogen-bond donors (Lipinski definition) is 1. The maximum atomic E-state index is 11.8. The van der Waals surface area contributed by atoms with Crippen molar-refractivity contribution in [2.24, 2.45) is 0 Å². The minimum Gasteiger partial charge on any atom is -0.459 e. The molecule has 0 saturated carbocycles. The summed E-state index contributed by atoms with van der Waals surface area (Å²) in [6.45, 7) is 0.867. The number of anilines is 1. The number of carbonyl (C=O) groups is 3. The second kappa shape index (κ2) is 7.65. The van der Waals surface area contributed by atoms with Crippen molar-refractivity contribution >= 4 is 23.5 Å². The van der Waals surface area contributed by atoms with Crippen LogP contribution < -0.4 is 15.0 Å². The molecule has 2 aromatic rings. The second-order valence-corrected chi connectivity index (χ2v) is 5.60. The standard InChI is InChI=1S/C18H18N2O5/c21-16-4-1-11-20(16)13-5-7-14(8-6-13)25-17(22)9-10-19-18(23)15-3-2-12-24-15/h2-3,5-8,12H,1,4,9-11H2,(H,19,23). The summed E-state index contributed by atoms with van der Waals surface area (Å²) >= 11 is 0. The normalized spacial score (nSPS) is 13.8. The first-order valence-electron chi connectivity index (χ1n) is 8.06. The highest BCUT2D eigenvalue weighted by Crippen LogP contribution is 2.24. The molecule has 1 aliphatic rings. The quantitative estimate of drug-likeness (QED) is 0.642. The highest BCUT2D eigenvalue weighted by Gasteiger charge is 2.21. The van der Waals surface area contributed by atoms with Gasteiger partial charge in [-0.3, -0.25) is 14.4 Å². The van der Waals surface area contributed by atoms with Gasteiger partial charge in [0.1, 0.15) is 5.75 Å². The molecule has 0 bridgehead atoms. The molecule has 0 spiro atoms. The Kier molecular flexibility index (Phi) is 5.13. The van der Waals surface area contributed by atoms with Crippen LogP contribution in [0.15, 0.2) is 47.1 Å². The Morgan fingerprint density at radius 2 is 2.00 bits per heavy atom. The summed E-state index contributed by atoms with van der Waals surface area (Å²) in [6.07, 6.45) is 2.88. The molecule has 0 atom stereocenters. The highest BCUT2D eigenvalue weighted by atomic mass is 16.5. The molecule has 3 rings (SSSR count). The predicted molar refractivity (Wildman–Crippen MR) is 89.3 cm³/mol. The van der Waals surface area contributed by atoms with Crippen molar-refractivity contribution in [3.63, 3.8) is 0 Å². The van der Waals surface area contributed by atoms with E-state index in [1.54, 1.807) is 41.3 Å². The van der Waals surface area contributed by atoms with Gasteiger partial charge in [-0.2, -0.15) is 0 Å². The minimum atomic E-state index is -0.454. The van der Waals surface area contributed by atoms with Gasteiger partial charge >= 0.3 is 5.97 Å². The highest BCUT2D eigenvalue weighted by molar-refractivity contribution is 5.95. The van der Waals surface area contributed by atoms with Gasteiger partial charge in [-0.25, -0.2) is 0 Å². The molecule has 130 valence electrons. The lowest BCUT2D eigenvalue weighted by Gasteiger charge is -2.15. The summed E-state index contributed by atoms with van der Waals surface area (Å²) in [4.78, 5) is 36.9. The number of hydrogen-bond acceptors (Lipinski definition) is 5. The molecule has 0 radical (unpaired) electrons. The monoisotopic (exact) mass is 342 g/mol. The van der Waals surface area contributed by atoms with E-state index in [0.29, 0.717) is 18.7 Å². The molecule has 1 saturated heterocycles. The minimum absolute atomic E-state index is 0.0405. The van der Waals surface area contributed by atoms with Crippen molar-refractivity contribution in [3.05, 3.63) is 48.4 Å². The van der Waals surface area contributed by atoms with E-state index in [1.807, 2.05) is 0 Å². The number of nitrogens with one attached hydrogen (secondary N) is 1. The third-order valence-corrected chi connectivity index (χ3v) is 3.81. The molecule has 0 unspecified atom stereocenters. The zero-order valence-corrected chi connectivity index (χ0v) is 13.6. The first-order valence-corrected chi connectivity index (χ1v) is 8.06. The van der Waals surface area contributed by atoms with Gasteiger partial charge in [0.2, 0.25) is 5.91 Å². The van der Waals surface area contributed by atoms with Crippen molar-refractivity contribution in [2.75, 3.05) is 18.0 Å². The van der Waals surface area contributed by atoms with E-state index in [0.717, 1.165) is 12.1 Å². The summed E-state index contributed by atoms with van der Waals surface area (Å²) < 4.78 is 10.2. The number of nitrogens with zero attached hydrogens (tertiary/aromatic N) is 1. The number of carbonyl (C=O) groups excluding carboxylic acids is 3. The first-order chi connectivity index (χ1) is 12.1. The maximum absolute atomic E-state index is 11.8. The van der Waals surface area contributed by atoms with Crippen LogP contribution in [-0.2, 0) is 9.59 Å². The maximum Gasteiger partial charge on any atom is 0.312 e. The Hall–Kier alpha value is -3.09. The van der Waals surface area contributed by atoms with Gasteiger partial charge in [-0.15, -0.1) is 0 Å². The van der Waals surface area contributed by atoms with E-state index in [9.17, 15) is 14.4 Å². The van der Waals surface area contributed by atoms with E-state index < -0.39 is 5.97 Å². The summed E-state index contributed by atoms with van der Waals surface area (Å²) in [5.74, 6) is -0.127. The average Bonchev–Trinajstić information content (AvgIpc) is 3.27. The van der Waals surface area contributed by atoms with Crippen molar-refractivity contribution in [1.29, 1.82) is 0 Å². The summed E-state index contributed by atoms with van der Waals surface area (Å²) in [5, 5.41) is 2.58. The van der Waals surface area contributed by atoms with Gasteiger partial charge in [-0.05, 0) is 42.8 Å². The first kappa shape index (κ1) is 16.8. The number of furan rings is 1. The predicted octanol–water partition coefficient (Wildman–Crippen LogP) is 2.13. The molecule has 2 amide bonds. The molecule has 7 nitrogen and oxygen atoms in total. The van der Waals surface area contributed by atoms with Crippen LogP contribution in [0.1, 0.15) is 29.8 Å². The smallest absolute Gasteiger partial charge is 0.312 e. The van der Waals surface area contributed by atoms with Gasteiger partial charge < -0.3 is 19.4 Å². The van der Waals surface area contributed by atoms with Crippen LogP contribution in [0.2, 0.25) is 0 Å². The van der Waals surface area contributed by atoms with Crippen LogP contribution in [-0.4, -0.2) is 30.9 Å². The lowest BCUT2D eigenvalue weighted by molar-refractivity contribution is -0.134. The Labute approximate surface area is 144 Å². The lowest BCUT2D eigenvalue weighted by atomic mass is 10.3. The third kappa shape index (κ3) is 4.26. The topological polar surface area (TPSA) is 88.8 Å². The third-order valence-electron chi connectivity index (χ3n) is 3.81. The molecular formula is C18H18N2O5. The van der Waals surface area contributed by atoms with Crippen LogP contribution in [0.5, 0.6) is 5.75 Å². The fourth-order valence-electron chi connectivity index (χ4n) is 2.57. The lowest BCUT2D eigenvalue weighted by Crippen LogP contribution is -2.26. The molecule has 1 N–H and O–H groups in total. The summed E-state index contributed by atoms with van der Waals surface area (Å²) in [6, 6.07) is 9.97. The molecule has 7 heteroatoms. The van der Waals surface area contributed by atoms with Crippen LogP contribution in [0.3, 0.4) is 0 Å². The van der Waals surface area contributed by atoms with Gasteiger partial charge in [0.05, 0.1) is 12.7 Å². The fraction of sp³-hybridized carbons (Fsp3) is 0.278. The molecule has 1 aliphatic heterocycles. The van der Waals surface area contributed by atoms with Gasteiger partial charge in [0.15, 0.2) is 5.76 Å². The number of rotatable bonds is 6. The van der Waals surface area contributed by atoms with E-state index in [4.69, 9.17) is 9.15 Å². The van der Waals surface area contributed by atoms with Crippen LogP contribution in [0.4, 0.5) is 5.69 Å². The van der Waals surface area contributed by atoms with Gasteiger partial charge in [0.25, 0.3) is 5.91 Å². The molecule has 0 aliphatic carbocycles. The van der Waals surface area contributed by atoms with E-state index in [-0.39, 0.29) is 30.5 Å². The van der Waals surface area contributed by atoms with Crippen LogP contribution >= 0.6 is 0 Å². The Balaban J connectivity index is 1.45. The largest absolute Gasteiger partial charge is 0.459 e. The molecular weight excluding hydrogens is 324 g/mol. The van der Waals surface area contributed by atoms with Crippen molar-refractivity contribution in [3.8, 4) is 5.75 Å². The molecule has 1 aromatic carbocycles. The molecule has 1 fully saturated rings. The zero-order valence-electron chi connectivity index (χ0n) is 13.6. The Morgan fingerprint density at radius 1 is 1.20 bits per heavy atom. The van der Waals surface area contributed by atoms with E-state index >= 15 is 0 Å². The summed E-state index contributed by atoms with van der Waals surface area (Å²) in [7, 11) is 0. The number of ether oxygens (including phenoxy) is 1. The van der Waals surface area contributed by atoms with Crippen molar-refractivity contribution < 1.29 is 23.5 Å². The number of benzene rings is 1. The molecule has 25 heavy (non-hydrogen) atoms. The summed E-state index contributed by atoms with van der Waals surface area (Å²) in [5.41, 5.74) is 0.799. The SMILES string of the molecule is O=C(CCNC(=O)c1ccco1)Oc1ccc(N2CCCC2=O)cc1. The Morgan fingerprint density at radius 3 is 2.64 bits per heavy atom. The zero-order chi connectivity index (χ0) is 17.6. The number of esters is 1. The van der Waals surface area contributed by atoms with Crippen molar-refractivity contribution in [2.45, 2.75) is 19.3 Å². The van der Waals surface area contributed by atoms with E-state index in [1.165, 1.54) is 6.26 Å². The average molecular weight is 342 g/mol. The molecule has 1 aromatic heterocycles. The Bertz CT molecular complexity index is 752. The van der Waals surface area contributed by atoms with Gasteiger partial charge in [0, 0.05) is 25.2 Å². The van der Waals surface area contributed by atoms with Crippen LogP contribution in [0, 0.1) is 0 Å². The van der Waals surface area contributed by atoms with Gasteiger partial charge in [-0.1, -0.05) is 0 Å². The molecule has 2 heterocycles.